The fourth-order valence-electron chi connectivity index (χ4n) is 1.66. The molecule has 2 nitrogen and oxygen atoms in total. The van der Waals surface area contributed by atoms with Crippen LogP contribution in [0.4, 0.5) is 4.39 Å². The molecule has 20 heavy (non-hydrogen) atoms. The zero-order chi connectivity index (χ0) is 15.6. The summed E-state index contributed by atoms with van der Waals surface area (Å²) < 4.78 is 19.4. The molecule has 0 N–H and O–H groups in total. The molecule has 0 saturated carbocycles. The quantitative estimate of drug-likeness (QED) is 0.735. The van der Waals surface area contributed by atoms with Gasteiger partial charge in [0.15, 0.2) is 17.3 Å². The van der Waals surface area contributed by atoms with Crippen molar-refractivity contribution < 1.29 is 13.9 Å². The van der Waals surface area contributed by atoms with Crippen molar-refractivity contribution in [3.8, 4) is 5.75 Å². The summed E-state index contributed by atoms with van der Waals surface area (Å²) in [6.45, 7) is 12.3. The van der Waals surface area contributed by atoms with Crippen molar-refractivity contribution >= 4 is 5.78 Å². The van der Waals surface area contributed by atoms with Gasteiger partial charge < -0.3 is 4.74 Å². The first-order valence-electron chi connectivity index (χ1n) is 6.98. The van der Waals surface area contributed by atoms with Crippen molar-refractivity contribution in [2.45, 2.75) is 48.0 Å². The Kier molecular flexibility index (Phi) is 4.95. The number of carbonyl (C=O) groups is 1. The van der Waals surface area contributed by atoms with Crippen LogP contribution in [0.2, 0.25) is 0 Å². The number of ketones is 1. The van der Waals surface area contributed by atoms with Crippen molar-refractivity contribution in [1.29, 1.82) is 0 Å². The number of rotatable bonds is 4. The zero-order valence-electron chi connectivity index (χ0n) is 13.3. The molecule has 112 valence electrons. The molecular weight excluding hydrogens is 255 g/mol. The van der Waals surface area contributed by atoms with Crippen molar-refractivity contribution in [3.05, 3.63) is 29.6 Å². The number of carbonyl (C=O) groups excluding carboxylic acids is 1. The summed E-state index contributed by atoms with van der Waals surface area (Å²) >= 11 is 0. The third-order valence-corrected chi connectivity index (χ3v) is 2.98. The van der Waals surface area contributed by atoms with Gasteiger partial charge in [0.1, 0.15) is 0 Å². The van der Waals surface area contributed by atoms with E-state index in [1.165, 1.54) is 12.1 Å². The van der Waals surface area contributed by atoms with Crippen molar-refractivity contribution in [1.82, 2.24) is 0 Å². The van der Waals surface area contributed by atoms with E-state index in [2.05, 4.69) is 20.8 Å². The molecule has 0 atom stereocenters. The Balaban J connectivity index is 2.77. The topological polar surface area (TPSA) is 26.3 Å². The molecule has 0 aliphatic heterocycles. The van der Waals surface area contributed by atoms with E-state index in [0.717, 1.165) is 6.42 Å². The Morgan fingerprint density at radius 2 is 1.75 bits per heavy atom. The van der Waals surface area contributed by atoms with Crippen LogP contribution in [0.15, 0.2) is 18.2 Å². The fourth-order valence-corrected chi connectivity index (χ4v) is 1.66. The Bertz CT molecular complexity index is 479. The molecule has 0 spiro atoms. The largest absolute Gasteiger partial charge is 0.490 e. The van der Waals surface area contributed by atoms with Gasteiger partial charge in [0.25, 0.3) is 0 Å². The summed E-state index contributed by atoms with van der Waals surface area (Å²) in [5.41, 5.74) is 0.0258. The van der Waals surface area contributed by atoms with Crippen LogP contribution >= 0.6 is 0 Å². The minimum absolute atomic E-state index is 0.0716. The van der Waals surface area contributed by atoms with Gasteiger partial charge in [-0.05, 0) is 30.0 Å². The van der Waals surface area contributed by atoms with Crippen LogP contribution in [0.3, 0.4) is 0 Å². The highest BCUT2D eigenvalue weighted by Gasteiger charge is 2.23. The minimum atomic E-state index is -0.513. The molecule has 1 aromatic carbocycles. The van der Waals surface area contributed by atoms with Crippen LogP contribution in [0.5, 0.6) is 5.75 Å². The van der Waals surface area contributed by atoms with Gasteiger partial charge in [-0.25, -0.2) is 4.39 Å². The zero-order valence-corrected chi connectivity index (χ0v) is 13.3. The van der Waals surface area contributed by atoms with Crippen LogP contribution in [0, 0.1) is 16.6 Å². The molecule has 0 bridgehead atoms. The Labute approximate surface area is 121 Å². The molecule has 3 heteroatoms. The first-order chi connectivity index (χ1) is 9.00. The maximum absolute atomic E-state index is 13.9. The lowest BCUT2D eigenvalue weighted by molar-refractivity contribution is 0.0858. The van der Waals surface area contributed by atoms with Gasteiger partial charge in [0.05, 0.1) is 6.61 Å². The van der Waals surface area contributed by atoms with Crippen molar-refractivity contribution in [2.75, 3.05) is 6.61 Å². The molecule has 0 aromatic heterocycles. The molecule has 0 saturated heterocycles. The van der Waals surface area contributed by atoms with Gasteiger partial charge >= 0.3 is 0 Å². The summed E-state index contributed by atoms with van der Waals surface area (Å²) in [7, 11) is 0. The van der Waals surface area contributed by atoms with Crippen LogP contribution in [-0.4, -0.2) is 12.4 Å². The molecule has 0 unspecified atom stereocenters. The molecule has 0 amide bonds. The van der Waals surface area contributed by atoms with Crippen LogP contribution in [0.1, 0.15) is 58.3 Å². The summed E-state index contributed by atoms with van der Waals surface area (Å²) in [5, 5.41) is 0. The minimum Gasteiger partial charge on any atom is -0.490 e. The summed E-state index contributed by atoms with van der Waals surface area (Å²) in [5.74, 6) is -0.341. The number of benzene rings is 1. The van der Waals surface area contributed by atoms with Crippen LogP contribution < -0.4 is 4.74 Å². The van der Waals surface area contributed by atoms with E-state index in [9.17, 15) is 9.18 Å². The van der Waals surface area contributed by atoms with Gasteiger partial charge in [-0.15, -0.1) is 0 Å². The highest BCUT2D eigenvalue weighted by Crippen LogP contribution is 2.26. The second-order valence-electron chi connectivity index (χ2n) is 7.38. The smallest absolute Gasteiger partial charge is 0.168 e. The lowest BCUT2D eigenvalue weighted by Crippen LogP contribution is -2.20. The number of Topliss-reactive ketones (excluding diaryl/α,β-unsaturated/α-hetero) is 1. The van der Waals surface area contributed by atoms with Gasteiger partial charge in [-0.2, -0.15) is 0 Å². The Morgan fingerprint density at radius 3 is 2.20 bits per heavy atom. The molecule has 0 aliphatic rings. The van der Waals surface area contributed by atoms with Crippen molar-refractivity contribution in [2.24, 2.45) is 10.8 Å². The highest BCUT2D eigenvalue weighted by molar-refractivity contribution is 5.99. The predicted octanol–water partition coefficient (Wildman–Crippen LogP) is 4.87. The van der Waals surface area contributed by atoms with E-state index in [4.69, 9.17) is 4.74 Å². The standard InChI is InChI=1S/C17H25FO2/c1-16(2,3)9-10-20-14-8-7-12(11-13(14)18)15(19)17(4,5)6/h7-8,11H,9-10H2,1-6H3. The number of hydrogen-bond donors (Lipinski definition) is 0. The lowest BCUT2D eigenvalue weighted by atomic mass is 9.86. The third kappa shape index (κ3) is 4.95. The average Bonchev–Trinajstić information content (AvgIpc) is 2.27. The second-order valence-corrected chi connectivity index (χ2v) is 7.38. The highest BCUT2D eigenvalue weighted by atomic mass is 19.1. The summed E-state index contributed by atoms with van der Waals surface area (Å²) in [4.78, 5) is 12.1. The second kappa shape index (κ2) is 5.94. The molecule has 1 rings (SSSR count). The fraction of sp³-hybridized carbons (Fsp3) is 0.588. The number of halogens is 1. The van der Waals surface area contributed by atoms with Gasteiger partial charge in [0.2, 0.25) is 0 Å². The Morgan fingerprint density at radius 1 is 1.15 bits per heavy atom. The van der Waals surface area contributed by atoms with E-state index in [-0.39, 0.29) is 16.9 Å². The monoisotopic (exact) mass is 280 g/mol. The van der Waals surface area contributed by atoms with E-state index in [1.54, 1.807) is 6.07 Å². The number of hydrogen-bond acceptors (Lipinski definition) is 2. The van der Waals surface area contributed by atoms with E-state index < -0.39 is 11.2 Å². The molecular formula is C17H25FO2. The van der Waals surface area contributed by atoms with Gasteiger partial charge in [-0.3, -0.25) is 4.79 Å². The average molecular weight is 280 g/mol. The summed E-state index contributed by atoms with van der Waals surface area (Å²) in [6.07, 6.45) is 0.842. The maximum Gasteiger partial charge on any atom is 0.168 e. The maximum atomic E-state index is 13.9. The van der Waals surface area contributed by atoms with Gasteiger partial charge in [-0.1, -0.05) is 41.5 Å². The lowest BCUT2D eigenvalue weighted by Gasteiger charge is -2.19. The van der Waals surface area contributed by atoms with E-state index in [0.29, 0.717) is 12.2 Å². The molecule has 0 aliphatic carbocycles. The summed E-state index contributed by atoms with van der Waals surface area (Å²) in [6, 6.07) is 4.43. The normalized spacial score (nSPS) is 12.3. The molecule has 0 radical (unpaired) electrons. The van der Waals surface area contributed by atoms with E-state index in [1.807, 2.05) is 20.8 Å². The number of ether oxygens (including phenoxy) is 1. The van der Waals surface area contributed by atoms with Crippen molar-refractivity contribution in [3.63, 3.8) is 0 Å². The SMILES string of the molecule is CC(C)(C)CCOc1ccc(C(=O)C(C)(C)C)cc1F. The van der Waals surface area contributed by atoms with E-state index >= 15 is 0 Å². The van der Waals surface area contributed by atoms with Gasteiger partial charge in [0, 0.05) is 11.0 Å². The van der Waals surface area contributed by atoms with Crippen LogP contribution in [-0.2, 0) is 0 Å². The first kappa shape index (κ1) is 16.7. The molecule has 1 aromatic rings. The predicted molar refractivity (Wildman–Crippen MR) is 79.8 cm³/mol. The Hall–Kier alpha value is -1.38. The third-order valence-electron chi connectivity index (χ3n) is 2.98. The molecule has 0 heterocycles. The molecule has 0 fully saturated rings. The van der Waals surface area contributed by atoms with Crippen LogP contribution in [0.25, 0.3) is 0 Å². The first-order valence-corrected chi connectivity index (χ1v) is 6.98.